The van der Waals surface area contributed by atoms with Gasteiger partial charge in [0.2, 0.25) is 12.3 Å². The summed E-state index contributed by atoms with van der Waals surface area (Å²) in [5.74, 6) is -0.310. The number of hydrogen-bond acceptors (Lipinski definition) is 4. The molecule has 0 spiro atoms. The van der Waals surface area contributed by atoms with Gasteiger partial charge in [-0.2, -0.15) is 5.26 Å². The maximum absolute atomic E-state index is 13.7. The Morgan fingerprint density at radius 2 is 1.92 bits per heavy atom. The predicted octanol–water partition coefficient (Wildman–Crippen LogP) is 5.20. The molecule has 3 amide bonds. The number of carbonyl (C=O) groups excluding carboxylic acids is 3. The van der Waals surface area contributed by atoms with Crippen molar-refractivity contribution < 1.29 is 18.8 Å². The molecule has 1 aliphatic heterocycles. The molecule has 0 radical (unpaired) electrons. The second-order valence-electron chi connectivity index (χ2n) is 10.2. The van der Waals surface area contributed by atoms with Gasteiger partial charge in [0.15, 0.2) is 0 Å². The van der Waals surface area contributed by atoms with Crippen LogP contribution < -0.4 is 5.32 Å². The third-order valence-electron chi connectivity index (χ3n) is 6.82. The van der Waals surface area contributed by atoms with Crippen molar-refractivity contribution in [1.29, 1.82) is 5.26 Å². The van der Waals surface area contributed by atoms with Crippen LogP contribution in [0.25, 0.3) is 10.9 Å². The van der Waals surface area contributed by atoms with E-state index in [9.17, 15) is 18.8 Å². The van der Waals surface area contributed by atoms with Gasteiger partial charge in [-0.25, -0.2) is 4.39 Å². The number of halogens is 1. The molecule has 206 valence electrons. The highest BCUT2D eigenvalue weighted by Gasteiger charge is 2.35. The number of fused-ring (bicyclic) bond motifs is 1. The largest absolute Gasteiger partial charge is 0.350 e. The van der Waals surface area contributed by atoms with Crippen molar-refractivity contribution in [3.63, 3.8) is 0 Å². The third-order valence-corrected chi connectivity index (χ3v) is 6.82. The molecular formula is C30H36FN5O3. The molecule has 0 aliphatic carbocycles. The molecule has 4 rings (SSSR count). The zero-order valence-electron chi connectivity index (χ0n) is 22.9. The van der Waals surface area contributed by atoms with Gasteiger partial charge in [-0.15, -0.1) is 0 Å². The summed E-state index contributed by atoms with van der Waals surface area (Å²) in [6, 6.07) is 17.3. The summed E-state index contributed by atoms with van der Waals surface area (Å²) in [5, 5.41) is 12.1. The molecule has 8 nitrogen and oxygen atoms in total. The lowest BCUT2D eigenvalue weighted by molar-refractivity contribution is -0.120. The second-order valence-corrected chi connectivity index (χ2v) is 10.2. The van der Waals surface area contributed by atoms with Crippen LogP contribution in [0.1, 0.15) is 51.0 Å². The standard InChI is InChI=1S/C17H23FN2O.C13H13N3O2/c1-5-20(12(4)9-11(2)3)17(21)16-10-13-14(18)7-6-8-15(13)19-16;14-7-12-6-10(8-16(12)9-17)13(18)15-11-4-2-1-3-5-11/h6-8,10-12,19H,5,9H2,1-4H3;1-5,9-10,12H,6,8H2,(H,15,18). The molecule has 0 saturated carbocycles. The summed E-state index contributed by atoms with van der Waals surface area (Å²) >= 11 is 0. The Hall–Kier alpha value is -4.19. The van der Waals surface area contributed by atoms with Crippen LogP contribution in [0.5, 0.6) is 0 Å². The molecule has 1 aromatic heterocycles. The molecule has 2 heterocycles. The van der Waals surface area contributed by atoms with Gasteiger partial charge in [0.25, 0.3) is 5.91 Å². The minimum atomic E-state index is -0.492. The Bertz CT molecular complexity index is 1320. The summed E-state index contributed by atoms with van der Waals surface area (Å²) in [6.07, 6.45) is 1.98. The Labute approximate surface area is 228 Å². The van der Waals surface area contributed by atoms with E-state index in [0.717, 1.165) is 12.1 Å². The number of rotatable bonds is 8. The number of aromatic nitrogens is 1. The Balaban J connectivity index is 0.000000218. The van der Waals surface area contributed by atoms with Gasteiger partial charge in [0.05, 0.1) is 12.0 Å². The monoisotopic (exact) mass is 533 g/mol. The van der Waals surface area contributed by atoms with E-state index in [1.54, 1.807) is 30.3 Å². The van der Waals surface area contributed by atoms with Gasteiger partial charge < -0.3 is 20.1 Å². The average molecular weight is 534 g/mol. The van der Waals surface area contributed by atoms with Crippen molar-refractivity contribution in [2.45, 2.75) is 52.6 Å². The highest BCUT2D eigenvalue weighted by atomic mass is 19.1. The molecule has 3 atom stereocenters. The van der Waals surface area contributed by atoms with E-state index in [4.69, 9.17) is 5.26 Å². The number of nitrogens with zero attached hydrogens (tertiary/aromatic N) is 3. The molecule has 39 heavy (non-hydrogen) atoms. The molecule has 3 unspecified atom stereocenters. The number of H-pyrrole nitrogens is 1. The molecular weight excluding hydrogens is 497 g/mol. The first-order valence-corrected chi connectivity index (χ1v) is 13.2. The van der Waals surface area contributed by atoms with Crippen LogP contribution in [-0.4, -0.2) is 58.2 Å². The van der Waals surface area contributed by atoms with Crippen LogP contribution in [0.4, 0.5) is 10.1 Å². The van der Waals surface area contributed by atoms with Gasteiger partial charge >= 0.3 is 0 Å². The third kappa shape index (κ3) is 7.44. The normalized spacial score (nSPS) is 17.2. The molecule has 3 aromatic rings. The number of aromatic amines is 1. The fourth-order valence-electron chi connectivity index (χ4n) is 4.91. The highest BCUT2D eigenvalue weighted by Crippen LogP contribution is 2.23. The van der Waals surface area contributed by atoms with Gasteiger partial charge in [0.1, 0.15) is 17.6 Å². The quantitative estimate of drug-likeness (QED) is 0.388. The second kappa shape index (κ2) is 13.6. The fourth-order valence-corrected chi connectivity index (χ4v) is 4.91. The van der Waals surface area contributed by atoms with Crippen molar-refractivity contribution in [3.05, 3.63) is 66.1 Å². The number of nitrogens with one attached hydrogen (secondary N) is 2. The number of anilines is 1. The molecule has 9 heteroatoms. The molecule has 2 aromatic carbocycles. The number of hydrogen-bond donors (Lipinski definition) is 2. The topological polar surface area (TPSA) is 109 Å². The van der Waals surface area contributed by atoms with Crippen LogP contribution in [0.15, 0.2) is 54.6 Å². The molecule has 1 saturated heterocycles. The molecule has 1 aliphatic rings. The maximum atomic E-state index is 13.7. The first kappa shape index (κ1) is 29.4. The van der Waals surface area contributed by atoms with Crippen LogP contribution in [0.3, 0.4) is 0 Å². The SMILES string of the molecule is CCN(C(=O)c1cc2c(F)cccc2[nH]1)C(C)CC(C)C.N#CC1CC(C(=O)Nc2ccccc2)CN1C=O. The van der Waals surface area contributed by atoms with Crippen LogP contribution in [0.2, 0.25) is 0 Å². The van der Waals surface area contributed by atoms with Gasteiger partial charge in [-0.05, 0) is 62.9 Å². The van der Waals surface area contributed by atoms with Crippen molar-refractivity contribution in [2.75, 3.05) is 18.4 Å². The first-order chi connectivity index (χ1) is 18.7. The first-order valence-electron chi connectivity index (χ1n) is 13.2. The smallest absolute Gasteiger partial charge is 0.270 e. The van der Waals surface area contributed by atoms with Crippen molar-refractivity contribution in [3.8, 4) is 6.07 Å². The summed E-state index contributed by atoms with van der Waals surface area (Å²) in [6.45, 7) is 9.27. The number of para-hydroxylation sites is 1. The van der Waals surface area contributed by atoms with Gasteiger partial charge in [-0.1, -0.05) is 38.1 Å². The summed E-state index contributed by atoms with van der Waals surface area (Å²) in [4.78, 5) is 41.6. The van der Waals surface area contributed by atoms with Crippen molar-refractivity contribution >= 4 is 34.8 Å². The van der Waals surface area contributed by atoms with Crippen molar-refractivity contribution in [2.24, 2.45) is 11.8 Å². The minimum Gasteiger partial charge on any atom is -0.350 e. The fraction of sp³-hybridized carbons (Fsp3) is 0.400. The van der Waals surface area contributed by atoms with Crippen LogP contribution >= 0.6 is 0 Å². The molecule has 2 N–H and O–H groups in total. The lowest BCUT2D eigenvalue weighted by Crippen LogP contribution is -2.39. The number of nitriles is 1. The summed E-state index contributed by atoms with van der Waals surface area (Å²) < 4.78 is 13.7. The van der Waals surface area contributed by atoms with E-state index in [-0.39, 0.29) is 29.6 Å². The summed E-state index contributed by atoms with van der Waals surface area (Å²) in [5.41, 5.74) is 1.83. The van der Waals surface area contributed by atoms with Crippen LogP contribution in [0, 0.1) is 29.0 Å². The van der Waals surface area contributed by atoms with E-state index in [1.807, 2.05) is 36.1 Å². The van der Waals surface area contributed by atoms with E-state index < -0.39 is 6.04 Å². The van der Waals surface area contributed by atoms with E-state index >= 15 is 0 Å². The van der Waals surface area contributed by atoms with Crippen LogP contribution in [-0.2, 0) is 9.59 Å². The Morgan fingerprint density at radius 1 is 1.21 bits per heavy atom. The number of carbonyl (C=O) groups is 3. The number of amides is 3. The van der Waals surface area contributed by atoms with Crippen molar-refractivity contribution in [1.82, 2.24) is 14.8 Å². The lowest BCUT2D eigenvalue weighted by atomic mass is 10.0. The Kier molecular flexibility index (Phi) is 10.2. The lowest BCUT2D eigenvalue weighted by Gasteiger charge is -2.28. The summed E-state index contributed by atoms with van der Waals surface area (Å²) in [7, 11) is 0. The molecule has 0 bridgehead atoms. The van der Waals surface area contributed by atoms with Gasteiger partial charge in [-0.3, -0.25) is 14.4 Å². The average Bonchev–Trinajstić information content (AvgIpc) is 3.55. The molecule has 1 fully saturated rings. The predicted molar refractivity (Wildman–Crippen MR) is 149 cm³/mol. The minimum absolute atomic E-state index is 0.0683. The Morgan fingerprint density at radius 3 is 2.49 bits per heavy atom. The zero-order chi connectivity index (χ0) is 28.5. The van der Waals surface area contributed by atoms with E-state index in [1.165, 1.54) is 11.0 Å². The highest BCUT2D eigenvalue weighted by molar-refractivity contribution is 5.98. The zero-order valence-corrected chi connectivity index (χ0v) is 22.9. The van der Waals surface area contributed by atoms with E-state index in [0.29, 0.717) is 48.4 Å². The van der Waals surface area contributed by atoms with E-state index in [2.05, 4.69) is 31.1 Å². The number of benzene rings is 2. The maximum Gasteiger partial charge on any atom is 0.270 e. The van der Waals surface area contributed by atoms with Gasteiger partial charge in [0, 0.05) is 35.7 Å². The number of likely N-dealkylation sites (tertiary alicyclic amines) is 1.